The largest absolute Gasteiger partial charge is 0.493 e. The van der Waals surface area contributed by atoms with E-state index in [1.54, 1.807) is 0 Å². The molecule has 0 saturated heterocycles. The number of Topliss-reactive ketones (excluding diaryl/α,β-unsaturated/α-hetero) is 1. The topological polar surface area (TPSA) is 64.4 Å². The van der Waals surface area contributed by atoms with Gasteiger partial charge in [0.1, 0.15) is 11.3 Å². The molecule has 0 aliphatic rings. The smallest absolute Gasteiger partial charge is 0.436 e. The van der Waals surface area contributed by atoms with Crippen molar-refractivity contribution >= 4 is 17.4 Å². The number of aryl methyl sites for hydroxylation is 1. The van der Waals surface area contributed by atoms with Crippen molar-refractivity contribution in [3.05, 3.63) is 40.5 Å². The first-order valence-corrected chi connectivity index (χ1v) is 6.32. The number of alkyl halides is 3. The van der Waals surface area contributed by atoms with E-state index >= 15 is 0 Å². The molecule has 1 aromatic carbocycles. The molecule has 0 aliphatic heterocycles. The lowest BCUT2D eigenvalue weighted by atomic mass is 10.1. The highest BCUT2D eigenvalue weighted by Gasteiger charge is 2.41. The molecule has 1 aromatic heterocycles. The van der Waals surface area contributed by atoms with E-state index in [1.165, 1.54) is 24.3 Å². The highest BCUT2D eigenvalue weighted by molar-refractivity contribution is 6.30. The van der Waals surface area contributed by atoms with Crippen molar-refractivity contribution in [2.45, 2.75) is 6.18 Å². The van der Waals surface area contributed by atoms with Crippen LogP contribution in [0.15, 0.2) is 24.3 Å². The fourth-order valence-electron chi connectivity index (χ4n) is 1.72. The van der Waals surface area contributed by atoms with Gasteiger partial charge in [0.15, 0.2) is 12.3 Å². The molecule has 0 amide bonds. The Labute approximate surface area is 127 Å². The molecule has 2 aromatic rings. The van der Waals surface area contributed by atoms with Gasteiger partial charge in [-0.15, -0.1) is 0 Å². The maximum Gasteiger partial charge on any atom is 0.436 e. The second kappa shape index (κ2) is 5.88. The quantitative estimate of drug-likeness (QED) is 0.873. The standard InChI is InChI=1S/C13H10ClF3N2O3/c1-19-12(21)10(11(18-19)13(15,16)17)9(20)6-22-8-4-2-7(14)3-5-8/h2-5,21H,6H2,1H3. The number of ether oxygens (including phenoxy) is 1. The molecule has 22 heavy (non-hydrogen) atoms. The first-order chi connectivity index (χ1) is 10.2. The molecule has 1 heterocycles. The Morgan fingerprint density at radius 2 is 1.95 bits per heavy atom. The molecule has 0 spiro atoms. The number of carbonyl (C=O) groups is 1. The van der Waals surface area contributed by atoms with Crippen molar-refractivity contribution in [3.63, 3.8) is 0 Å². The Kier molecular flexibility index (Phi) is 4.32. The number of rotatable bonds is 4. The van der Waals surface area contributed by atoms with E-state index in [2.05, 4.69) is 5.10 Å². The van der Waals surface area contributed by atoms with Gasteiger partial charge in [-0.1, -0.05) is 11.6 Å². The number of ketones is 1. The van der Waals surface area contributed by atoms with Crippen molar-refractivity contribution in [2.75, 3.05) is 6.61 Å². The Hall–Kier alpha value is -2.22. The summed E-state index contributed by atoms with van der Waals surface area (Å²) in [6, 6.07) is 5.93. The van der Waals surface area contributed by atoms with E-state index in [-0.39, 0.29) is 5.75 Å². The Morgan fingerprint density at radius 3 is 2.50 bits per heavy atom. The van der Waals surface area contributed by atoms with Gasteiger partial charge in [-0.25, -0.2) is 4.68 Å². The number of hydrogen-bond acceptors (Lipinski definition) is 4. The summed E-state index contributed by atoms with van der Waals surface area (Å²) in [4.78, 5) is 11.9. The maximum atomic E-state index is 12.8. The minimum absolute atomic E-state index is 0.259. The highest BCUT2D eigenvalue weighted by atomic mass is 35.5. The van der Waals surface area contributed by atoms with Crippen LogP contribution in [0.3, 0.4) is 0 Å². The highest BCUT2D eigenvalue weighted by Crippen LogP contribution is 2.35. The number of aromatic nitrogens is 2. The molecule has 2 rings (SSSR count). The third kappa shape index (κ3) is 3.33. The van der Waals surface area contributed by atoms with Crippen molar-refractivity contribution in [1.82, 2.24) is 9.78 Å². The summed E-state index contributed by atoms with van der Waals surface area (Å²) in [5.41, 5.74) is -2.36. The van der Waals surface area contributed by atoms with Gasteiger partial charge in [0.05, 0.1) is 0 Å². The number of halogens is 4. The van der Waals surface area contributed by atoms with Crippen LogP contribution in [0.2, 0.25) is 5.02 Å². The van der Waals surface area contributed by atoms with Gasteiger partial charge in [-0.05, 0) is 24.3 Å². The molecular formula is C13H10ClF3N2O3. The molecule has 0 saturated carbocycles. The van der Waals surface area contributed by atoms with Gasteiger partial charge >= 0.3 is 6.18 Å². The molecule has 0 bridgehead atoms. The van der Waals surface area contributed by atoms with Crippen LogP contribution in [0.25, 0.3) is 0 Å². The summed E-state index contributed by atoms with van der Waals surface area (Å²) in [6.07, 6.45) is -4.86. The molecule has 0 fully saturated rings. The van der Waals surface area contributed by atoms with E-state index in [1.807, 2.05) is 0 Å². The second-order valence-electron chi connectivity index (χ2n) is 4.33. The summed E-state index contributed by atoms with van der Waals surface area (Å²) in [5, 5.41) is 13.2. The summed E-state index contributed by atoms with van der Waals surface area (Å²) < 4.78 is 44.1. The first-order valence-electron chi connectivity index (χ1n) is 5.95. The molecular weight excluding hydrogens is 325 g/mol. The average Bonchev–Trinajstić information content (AvgIpc) is 2.74. The van der Waals surface area contributed by atoms with Crippen LogP contribution in [0.4, 0.5) is 13.2 Å². The zero-order valence-electron chi connectivity index (χ0n) is 11.2. The fraction of sp³-hybridized carbons (Fsp3) is 0.231. The number of aromatic hydroxyl groups is 1. The van der Waals surface area contributed by atoms with Crippen LogP contribution in [-0.4, -0.2) is 27.3 Å². The minimum Gasteiger partial charge on any atom is -0.493 e. The van der Waals surface area contributed by atoms with Gasteiger partial charge in [-0.2, -0.15) is 18.3 Å². The molecule has 9 heteroatoms. The molecule has 5 nitrogen and oxygen atoms in total. The Morgan fingerprint density at radius 1 is 1.36 bits per heavy atom. The molecule has 0 radical (unpaired) electrons. The summed E-state index contributed by atoms with van der Waals surface area (Å²) in [5.74, 6) is -1.64. The lowest BCUT2D eigenvalue weighted by Gasteiger charge is -2.07. The van der Waals surface area contributed by atoms with E-state index in [0.29, 0.717) is 9.70 Å². The van der Waals surface area contributed by atoms with E-state index in [4.69, 9.17) is 16.3 Å². The zero-order chi connectivity index (χ0) is 16.5. The second-order valence-corrected chi connectivity index (χ2v) is 4.77. The predicted octanol–water partition coefficient (Wildman–Crippen LogP) is 3.06. The predicted molar refractivity (Wildman–Crippen MR) is 71.2 cm³/mol. The lowest BCUT2D eigenvalue weighted by molar-refractivity contribution is -0.141. The van der Waals surface area contributed by atoms with E-state index < -0.39 is 35.7 Å². The summed E-state index contributed by atoms with van der Waals surface area (Å²) in [6.45, 7) is -0.677. The molecule has 0 aliphatic carbocycles. The van der Waals surface area contributed by atoms with E-state index in [0.717, 1.165) is 7.05 Å². The number of carbonyl (C=O) groups excluding carboxylic acids is 1. The van der Waals surface area contributed by atoms with Gasteiger partial charge < -0.3 is 9.84 Å². The van der Waals surface area contributed by atoms with Crippen LogP contribution >= 0.6 is 11.6 Å². The molecule has 0 unspecified atom stereocenters. The van der Waals surface area contributed by atoms with Crippen LogP contribution in [0, 0.1) is 0 Å². The van der Waals surface area contributed by atoms with Crippen molar-refractivity contribution in [2.24, 2.45) is 7.05 Å². The number of nitrogens with zero attached hydrogens (tertiary/aromatic N) is 2. The van der Waals surface area contributed by atoms with Crippen LogP contribution in [0.5, 0.6) is 11.6 Å². The van der Waals surface area contributed by atoms with Crippen molar-refractivity contribution in [3.8, 4) is 11.6 Å². The maximum absolute atomic E-state index is 12.8. The van der Waals surface area contributed by atoms with Crippen LogP contribution in [-0.2, 0) is 13.2 Å². The van der Waals surface area contributed by atoms with Gasteiger partial charge in [0, 0.05) is 12.1 Å². The third-order valence-corrected chi connectivity index (χ3v) is 3.00. The average molecular weight is 335 g/mol. The van der Waals surface area contributed by atoms with Gasteiger partial charge in [-0.3, -0.25) is 4.79 Å². The first kappa shape index (κ1) is 16.2. The van der Waals surface area contributed by atoms with Gasteiger partial charge in [0.25, 0.3) is 0 Å². The zero-order valence-corrected chi connectivity index (χ0v) is 11.9. The lowest BCUT2D eigenvalue weighted by Crippen LogP contribution is -2.17. The molecule has 118 valence electrons. The minimum atomic E-state index is -4.86. The van der Waals surface area contributed by atoms with Crippen LogP contribution in [0.1, 0.15) is 16.1 Å². The SMILES string of the molecule is Cn1nc(C(F)(F)F)c(C(=O)COc2ccc(Cl)cc2)c1O. The van der Waals surface area contributed by atoms with Crippen molar-refractivity contribution in [1.29, 1.82) is 0 Å². The van der Waals surface area contributed by atoms with Gasteiger partial charge in [0.2, 0.25) is 11.7 Å². The summed E-state index contributed by atoms with van der Waals surface area (Å²) in [7, 11) is 1.10. The van der Waals surface area contributed by atoms with Crippen LogP contribution < -0.4 is 4.74 Å². The van der Waals surface area contributed by atoms with Crippen molar-refractivity contribution < 1.29 is 27.8 Å². The third-order valence-electron chi connectivity index (χ3n) is 2.75. The fourth-order valence-corrected chi connectivity index (χ4v) is 1.85. The number of benzene rings is 1. The number of hydrogen-bond donors (Lipinski definition) is 1. The normalized spacial score (nSPS) is 11.5. The summed E-state index contributed by atoms with van der Waals surface area (Å²) >= 11 is 5.67. The van der Waals surface area contributed by atoms with E-state index in [9.17, 15) is 23.1 Å². The Balaban J connectivity index is 2.21. The molecule has 1 N–H and O–H groups in total. The molecule has 0 atom stereocenters. The Bertz CT molecular complexity index is 696. The monoisotopic (exact) mass is 334 g/mol.